The summed E-state index contributed by atoms with van der Waals surface area (Å²) < 4.78 is 18.5. The maximum absolute atomic E-state index is 13.3. The van der Waals surface area contributed by atoms with Crippen LogP contribution < -0.4 is 10.1 Å². The summed E-state index contributed by atoms with van der Waals surface area (Å²) in [4.78, 5) is 12.1. The van der Waals surface area contributed by atoms with Crippen molar-refractivity contribution >= 4 is 35.0 Å². The van der Waals surface area contributed by atoms with E-state index in [4.69, 9.17) is 16.3 Å². The normalized spacial score (nSPS) is 10.5. The average Bonchev–Trinajstić information content (AvgIpc) is 2.51. The molecule has 24 heavy (non-hydrogen) atoms. The second-order valence-electron chi connectivity index (χ2n) is 5.44. The van der Waals surface area contributed by atoms with Crippen LogP contribution in [0.25, 0.3) is 0 Å². The third-order valence-electron chi connectivity index (χ3n) is 3.43. The molecule has 0 aromatic heterocycles. The fraction of sp³-hybridized carbons (Fsp3) is 0.278. The highest BCUT2D eigenvalue weighted by Crippen LogP contribution is 2.28. The third-order valence-corrected chi connectivity index (χ3v) is 4.71. The van der Waals surface area contributed by atoms with Gasteiger partial charge in [0.05, 0.1) is 23.6 Å². The number of nitrogens with one attached hydrogen (secondary N) is 1. The van der Waals surface area contributed by atoms with Crippen molar-refractivity contribution in [1.29, 1.82) is 0 Å². The van der Waals surface area contributed by atoms with Crippen molar-refractivity contribution in [2.45, 2.75) is 19.6 Å². The summed E-state index contributed by atoms with van der Waals surface area (Å²) in [6, 6.07) is 8.13. The highest BCUT2D eigenvalue weighted by molar-refractivity contribution is 7.99. The van der Waals surface area contributed by atoms with Crippen LogP contribution >= 0.6 is 23.4 Å². The molecule has 3 nitrogen and oxygen atoms in total. The van der Waals surface area contributed by atoms with Crippen molar-refractivity contribution in [2.75, 3.05) is 18.2 Å². The number of carbonyl (C=O) groups excluding carboxylic acids is 1. The number of ether oxygens (including phenoxy) is 1. The van der Waals surface area contributed by atoms with E-state index >= 15 is 0 Å². The molecule has 0 aliphatic carbocycles. The minimum absolute atomic E-state index is 0.149. The van der Waals surface area contributed by atoms with E-state index in [1.54, 1.807) is 6.07 Å². The van der Waals surface area contributed by atoms with Gasteiger partial charge in [0.1, 0.15) is 11.6 Å². The van der Waals surface area contributed by atoms with Crippen molar-refractivity contribution in [3.8, 4) is 5.75 Å². The molecule has 0 bridgehead atoms. The van der Waals surface area contributed by atoms with E-state index in [2.05, 4.69) is 5.32 Å². The van der Waals surface area contributed by atoms with Gasteiger partial charge in [-0.25, -0.2) is 4.39 Å². The lowest BCUT2D eigenvalue weighted by molar-refractivity contribution is -0.113. The molecule has 2 aromatic carbocycles. The lowest BCUT2D eigenvalue weighted by atomic mass is 10.1. The van der Waals surface area contributed by atoms with Gasteiger partial charge < -0.3 is 10.1 Å². The Balaban J connectivity index is 1.94. The summed E-state index contributed by atoms with van der Waals surface area (Å²) >= 11 is 7.57. The number of benzene rings is 2. The number of anilines is 1. The molecular formula is C18H19ClFNO2S. The first kappa shape index (κ1) is 18.6. The van der Waals surface area contributed by atoms with Crippen LogP contribution in [0.4, 0.5) is 10.1 Å². The van der Waals surface area contributed by atoms with Crippen molar-refractivity contribution in [3.05, 3.63) is 57.9 Å². The van der Waals surface area contributed by atoms with Crippen LogP contribution in [0.15, 0.2) is 30.3 Å². The van der Waals surface area contributed by atoms with E-state index in [0.29, 0.717) is 22.2 Å². The monoisotopic (exact) mass is 367 g/mol. The van der Waals surface area contributed by atoms with Crippen LogP contribution in [0.2, 0.25) is 5.02 Å². The Bertz CT molecular complexity index is 729. The quantitative estimate of drug-likeness (QED) is 0.782. The zero-order valence-electron chi connectivity index (χ0n) is 13.8. The molecule has 2 aromatic rings. The van der Waals surface area contributed by atoms with Crippen LogP contribution in [0.1, 0.15) is 16.7 Å². The second-order valence-corrected chi connectivity index (χ2v) is 6.83. The summed E-state index contributed by atoms with van der Waals surface area (Å²) in [6.07, 6.45) is 0. The van der Waals surface area contributed by atoms with Gasteiger partial charge in [0.15, 0.2) is 0 Å². The molecule has 0 radical (unpaired) electrons. The van der Waals surface area contributed by atoms with Gasteiger partial charge in [0.2, 0.25) is 5.91 Å². The van der Waals surface area contributed by atoms with Crippen LogP contribution in [0, 0.1) is 19.7 Å². The van der Waals surface area contributed by atoms with E-state index in [9.17, 15) is 9.18 Å². The minimum atomic E-state index is -0.321. The number of halogens is 2. The Morgan fingerprint density at radius 1 is 1.29 bits per heavy atom. The third kappa shape index (κ3) is 4.89. The lowest BCUT2D eigenvalue weighted by Gasteiger charge is -2.12. The van der Waals surface area contributed by atoms with Crippen molar-refractivity contribution in [3.63, 3.8) is 0 Å². The number of amides is 1. The number of thioether (sulfide) groups is 1. The number of methoxy groups -OCH3 is 1. The van der Waals surface area contributed by atoms with Gasteiger partial charge in [-0.15, -0.1) is 11.8 Å². The molecule has 1 amide bonds. The number of rotatable bonds is 6. The lowest BCUT2D eigenvalue weighted by Crippen LogP contribution is -2.15. The molecule has 2 rings (SSSR count). The zero-order chi connectivity index (χ0) is 17.7. The zero-order valence-corrected chi connectivity index (χ0v) is 15.4. The average molecular weight is 368 g/mol. The molecule has 6 heteroatoms. The van der Waals surface area contributed by atoms with Gasteiger partial charge in [-0.05, 0) is 49.2 Å². The van der Waals surface area contributed by atoms with Gasteiger partial charge in [-0.3, -0.25) is 4.79 Å². The van der Waals surface area contributed by atoms with Gasteiger partial charge in [0.25, 0.3) is 0 Å². The topological polar surface area (TPSA) is 38.3 Å². The first-order chi connectivity index (χ1) is 11.4. The molecular weight excluding hydrogens is 349 g/mol. The summed E-state index contributed by atoms with van der Waals surface area (Å²) in [5.41, 5.74) is 3.32. The predicted molar refractivity (Wildman–Crippen MR) is 98.7 cm³/mol. The largest absolute Gasteiger partial charge is 0.496 e. The highest BCUT2D eigenvalue weighted by Gasteiger charge is 2.11. The Labute approximate surface area is 150 Å². The summed E-state index contributed by atoms with van der Waals surface area (Å²) in [5, 5.41) is 3.36. The van der Waals surface area contributed by atoms with Crippen molar-refractivity contribution < 1.29 is 13.9 Å². The van der Waals surface area contributed by atoms with Crippen LogP contribution in [-0.2, 0) is 10.5 Å². The van der Waals surface area contributed by atoms with Gasteiger partial charge in [-0.2, -0.15) is 0 Å². The van der Waals surface area contributed by atoms with Crippen molar-refractivity contribution in [1.82, 2.24) is 0 Å². The SMILES string of the molecule is COc1ccc(F)cc1CSCC(=O)Nc1c(C)cc(C)cc1Cl. The molecule has 0 unspecified atom stereocenters. The smallest absolute Gasteiger partial charge is 0.234 e. The predicted octanol–water partition coefficient (Wildman–Crippen LogP) is 4.98. The highest BCUT2D eigenvalue weighted by atomic mass is 35.5. The number of hydrogen-bond acceptors (Lipinski definition) is 3. The molecule has 0 saturated carbocycles. The molecule has 0 fully saturated rings. The number of hydrogen-bond donors (Lipinski definition) is 1. The van der Waals surface area contributed by atoms with Gasteiger partial charge in [-0.1, -0.05) is 17.7 Å². The summed E-state index contributed by atoms with van der Waals surface area (Å²) in [7, 11) is 1.54. The second kappa shape index (κ2) is 8.40. The summed E-state index contributed by atoms with van der Waals surface area (Å²) in [5.74, 6) is 0.863. The first-order valence-corrected chi connectivity index (χ1v) is 8.90. The van der Waals surface area contributed by atoms with Crippen molar-refractivity contribution in [2.24, 2.45) is 0 Å². The van der Waals surface area contributed by atoms with Crippen LogP contribution in [-0.4, -0.2) is 18.8 Å². The van der Waals surface area contributed by atoms with E-state index in [1.165, 1.54) is 31.0 Å². The first-order valence-electron chi connectivity index (χ1n) is 7.37. The maximum atomic E-state index is 13.3. The Kier molecular flexibility index (Phi) is 6.52. The molecule has 0 heterocycles. The fourth-order valence-corrected chi connectivity index (χ4v) is 3.54. The summed E-state index contributed by atoms with van der Waals surface area (Å²) in [6.45, 7) is 3.85. The molecule has 1 N–H and O–H groups in total. The molecule has 0 atom stereocenters. The minimum Gasteiger partial charge on any atom is -0.496 e. The van der Waals surface area contributed by atoms with E-state index in [0.717, 1.165) is 16.7 Å². The molecule has 0 aliphatic rings. The Morgan fingerprint density at radius 3 is 2.71 bits per heavy atom. The molecule has 128 valence electrons. The fourth-order valence-electron chi connectivity index (χ4n) is 2.36. The van der Waals surface area contributed by atoms with Gasteiger partial charge in [0, 0.05) is 11.3 Å². The van der Waals surface area contributed by atoms with Crippen LogP contribution in [0.3, 0.4) is 0 Å². The van der Waals surface area contributed by atoms with Gasteiger partial charge >= 0.3 is 0 Å². The number of aryl methyl sites for hydroxylation is 2. The molecule has 0 spiro atoms. The van der Waals surface area contributed by atoms with E-state index in [1.807, 2.05) is 26.0 Å². The van der Waals surface area contributed by atoms with E-state index < -0.39 is 0 Å². The number of carbonyl (C=O) groups is 1. The Hall–Kier alpha value is -1.72. The molecule has 0 aliphatic heterocycles. The van der Waals surface area contributed by atoms with Crippen LogP contribution in [0.5, 0.6) is 5.75 Å². The maximum Gasteiger partial charge on any atom is 0.234 e. The standard InChI is InChI=1S/C18H19ClFNO2S/c1-11-6-12(2)18(15(19)7-11)21-17(22)10-24-9-13-8-14(20)4-5-16(13)23-3/h4-8H,9-10H2,1-3H3,(H,21,22). The van der Waals surface area contributed by atoms with E-state index in [-0.39, 0.29) is 17.5 Å². The Morgan fingerprint density at radius 2 is 2.04 bits per heavy atom. The molecule has 0 saturated heterocycles.